The molecule has 1 N–H and O–H groups in total. The molecule has 24 heavy (non-hydrogen) atoms. The van der Waals surface area contributed by atoms with Crippen LogP contribution < -0.4 is 5.32 Å². The average Bonchev–Trinajstić information content (AvgIpc) is 3.23. The number of hydrogen-bond acceptors (Lipinski definition) is 3. The lowest BCUT2D eigenvalue weighted by molar-refractivity contribution is -0.129. The fourth-order valence-electron chi connectivity index (χ4n) is 2.83. The second-order valence-corrected chi connectivity index (χ2v) is 5.78. The molecule has 0 unspecified atom stereocenters. The molecule has 2 heterocycles. The van der Waals surface area contributed by atoms with E-state index in [2.05, 4.69) is 10.4 Å². The van der Waals surface area contributed by atoms with Crippen molar-refractivity contribution in [3.05, 3.63) is 47.5 Å². The summed E-state index contributed by atoms with van der Waals surface area (Å²) in [5, 5.41) is 6.71. The molecule has 0 aliphatic carbocycles. The Bertz CT molecular complexity index is 766. The van der Waals surface area contributed by atoms with E-state index in [-0.39, 0.29) is 24.0 Å². The number of para-hydroxylation sites is 1. The lowest BCUT2D eigenvalue weighted by Gasteiger charge is -2.15. The number of carbonyl (C=O) groups is 2. The van der Waals surface area contributed by atoms with Gasteiger partial charge in [-0.05, 0) is 31.9 Å². The van der Waals surface area contributed by atoms with E-state index in [1.165, 1.54) is 16.9 Å². The molecule has 0 bridgehead atoms. The third-order valence-electron chi connectivity index (χ3n) is 4.19. The number of benzene rings is 1. The molecule has 1 fully saturated rings. The Kier molecular flexibility index (Phi) is 4.59. The molecule has 6 nitrogen and oxygen atoms in total. The maximum atomic E-state index is 13.9. The van der Waals surface area contributed by atoms with Crippen molar-refractivity contribution in [2.75, 3.05) is 19.6 Å². The fraction of sp³-hybridized carbons (Fsp3) is 0.353. The van der Waals surface area contributed by atoms with Gasteiger partial charge in [-0.15, -0.1) is 0 Å². The first-order chi connectivity index (χ1) is 11.6. The lowest BCUT2D eigenvalue weighted by atomic mass is 10.2. The van der Waals surface area contributed by atoms with Gasteiger partial charge in [0, 0.05) is 13.1 Å². The molecule has 0 atom stereocenters. The lowest BCUT2D eigenvalue weighted by Crippen LogP contribution is -2.38. The Morgan fingerprint density at radius 2 is 1.96 bits per heavy atom. The predicted molar refractivity (Wildman–Crippen MR) is 86.4 cm³/mol. The third kappa shape index (κ3) is 3.15. The van der Waals surface area contributed by atoms with E-state index in [1.807, 2.05) is 0 Å². The zero-order chi connectivity index (χ0) is 17.1. The van der Waals surface area contributed by atoms with Crippen LogP contribution in [0, 0.1) is 12.7 Å². The van der Waals surface area contributed by atoms with Crippen molar-refractivity contribution >= 4 is 11.8 Å². The van der Waals surface area contributed by atoms with Crippen LogP contribution >= 0.6 is 0 Å². The van der Waals surface area contributed by atoms with Gasteiger partial charge in [-0.2, -0.15) is 5.10 Å². The third-order valence-corrected chi connectivity index (χ3v) is 4.19. The monoisotopic (exact) mass is 330 g/mol. The molecule has 0 radical (unpaired) electrons. The number of halogens is 1. The maximum absolute atomic E-state index is 13.9. The first-order valence-corrected chi connectivity index (χ1v) is 7.93. The number of amides is 2. The van der Waals surface area contributed by atoms with E-state index in [0.717, 1.165) is 25.9 Å². The van der Waals surface area contributed by atoms with Gasteiger partial charge in [0.05, 0.1) is 24.0 Å². The standard InChI is InChI=1S/C17H19FN4O2/c1-12-13(10-20-22(12)15-7-3-2-6-14(15)18)17(24)19-11-16(23)21-8-4-5-9-21/h2-3,6-7,10H,4-5,8-9,11H2,1H3,(H,19,24). The quantitative estimate of drug-likeness (QED) is 0.927. The molecule has 2 aromatic rings. The number of likely N-dealkylation sites (tertiary alicyclic amines) is 1. The Morgan fingerprint density at radius 1 is 1.25 bits per heavy atom. The number of hydrogen-bond donors (Lipinski definition) is 1. The van der Waals surface area contributed by atoms with Gasteiger partial charge in [0.25, 0.3) is 5.91 Å². The summed E-state index contributed by atoms with van der Waals surface area (Å²) in [5.41, 5.74) is 1.13. The minimum atomic E-state index is -0.417. The van der Waals surface area contributed by atoms with Gasteiger partial charge in [-0.3, -0.25) is 9.59 Å². The SMILES string of the molecule is Cc1c(C(=O)NCC(=O)N2CCCC2)cnn1-c1ccccc1F. The van der Waals surface area contributed by atoms with Crippen molar-refractivity contribution < 1.29 is 14.0 Å². The van der Waals surface area contributed by atoms with Crippen LogP contribution in [0.4, 0.5) is 4.39 Å². The summed E-state index contributed by atoms with van der Waals surface area (Å²) in [6, 6.07) is 6.22. The Morgan fingerprint density at radius 3 is 2.67 bits per heavy atom. The summed E-state index contributed by atoms with van der Waals surface area (Å²) in [5.74, 6) is -0.887. The minimum Gasteiger partial charge on any atom is -0.343 e. The van der Waals surface area contributed by atoms with Crippen LogP contribution in [0.5, 0.6) is 0 Å². The van der Waals surface area contributed by atoms with Crippen molar-refractivity contribution in [1.82, 2.24) is 20.0 Å². The Hall–Kier alpha value is -2.70. The van der Waals surface area contributed by atoms with Gasteiger partial charge in [-0.1, -0.05) is 12.1 Å². The molecular weight excluding hydrogens is 311 g/mol. The van der Waals surface area contributed by atoms with Crippen molar-refractivity contribution in [3.8, 4) is 5.69 Å². The number of nitrogens with one attached hydrogen (secondary N) is 1. The number of rotatable bonds is 4. The van der Waals surface area contributed by atoms with Gasteiger partial charge < -0.3 is 10.2 Å². The molecule has 126 valence electrons. The molecule has 1 aliphatic rings. The smallest absolute Gasteiger partial charge is 0.255 e. The van der Waals surface area contributed by atoms with Crippen LogP contribution in [0.15, 0.2) is 30.5 Å². The summed E-state index contributed by atoms with van der Waals surface area (Å²) in [6.07, 6.45) is 3.40. The van der Waals surface area contributed by atoms with E-state index < -0.39 is 5.82 Å². The van der Waals surface area contributed by atoms with Crippen LogP contribution in [0.1, 0.15) is 28.9 Å². The molecule has 1 aliphatic heterocycles. The zero-order valence-corrected chi connectivity index (χ0v) is 13.5. The van der Waals surface area contributed by atoms with Gasteiger partial charge in [-0.25, -0.2) is 9.07 Å². The van der Waals surface area contributed by atoms with E-state index in [1.54, 1.807) is 30.0 Å². The topological polar surface area (TPSA) is 67.2 Å². The van der Waals surface area contributed by atoms with Gasteiger partial charge in [0.15, 0.2) is 0 Å². The summed E-state index contributed by atoms with van der Waals surface area (Å²) in [7, 11) is 0. The van der Waals surface area contributed by atoms with Crippen LogP contribution in [0.2, 0.25) is 0 Å². The second-order valence-electron chi connectivity index (χ2n) is 5.78. The molecular formula is C17H19FN4O2. The highest BCUT2D eigenvalue weighted by Gasteiger charge is 2.20. The zero-order valence-electron chi connectivity index (χ0n) is 13.5. The minimum absolute atomic E-state index is 0.0385. The van der Waals surface area contributed by atoms with E-state index in [9.17, 15) is 14.0 Å². The van der Waals surface area contributed by atoms with Crippen molar-refractivity contribution in [2.45, 2.75) is 19.8 Å². The molecule has 0 saturated carbocycles. The number of aromatic nitrogens is 2. The molecule has 1 aromatic carbocycles. The highest BCUT2D eigenvalue weighted by Crippen LogP contribution is 2.17. The Balaban J connectivity index is 1.70. The van der Waals surface area contributed by atoms with Crippen LogP contribution in [-0.4, -0.2) is 46.1 Å². The second kappa shape index (κ2) is 6.82. The molecule has 3 rings (SSSR count). The molecule has 7 heteroatoms. The highest BCUT2D eigenvalue weighted by atomic mass is 19.1. The van der Waals surface area contributed by atoms with Crippen molar-refractivity contribution in [3.63, 3.8) is 0 Å². The molecule has 1 saturated heterocycles. The van der Waals surface area contributed by atoms with Crippen molar-refractivity contribution in [2.24, 2.45) is 0 Å². The first-order valence-electron chi connectivity index (χ1n) is 7.93. The van der Waals surface area contributed by atoms with E-state index in [0.29, 0.717) is 11.3 Å². The predicted octanol–water partition coefficient (Wildman–Crippen LogP) is 1.67. The molecule has 2 amide bonds. The number of carbonyl (C=O) groups excluding carboxylic acids is 2. The summed E-state index contributed by atoms with van der Waals surface area (Å²) >= 11 is 0. The fourth-order valence-corrected chi connectivity index (χ4v) is 2.83. The molecule has 0 spiro atoms. The van der Waals surface area contributed by atoms with Gasteiger partial charge in [0.1, 0.15) is 11.5 Å². The summed E-state index contributed by atoms with van der Waals surface area (Å²) < 4.78 is 15.3. The van der Waals surface area contributed by atoms with Gasteiger partial charge in [0.2, 0.25) is 5.91 Å². The van der Waals surface area contributed by atoms with Crippen LogP contribution in [0.3, 0.4) is 0 Å². The largest absolute Gasteiger partial charge is 0.343 e. The van der Waals surface area contributed by atoms with Crippen LogP contribution in [0.25, 0.3) is 5.69 Å². The Labute approximate surface area is 139 Å². The highest BCUT2D eigenvalue weighted by molar-refractivity contribution is 5.97. The summed E-state index contributed by atoms with van der Waals surface area (Å²) in [4.78, 5) is 26.0. The van der Waals surface area contributed by atoms with Crippen molar-refractivity contribution in [1.29, 1.82) is 0 Å². The van der Waals surface area contributed by atoms with Gasteiger partial charge >= 0.3 is 0 Å². The van der Waals surface area contributed by atoms with Crippen LogP contribution in [-0.2, 0) is 4.79 Å². The summed E-state index contributed by atoms with van der Waals surface area (Å²) in [6.45, 7) is 3.15. The normalized spacial score (nSPS) is 14.0. The average molecular weight is 330 g/mol. The van der Waals surface area contributed by atoms with E-state index >= 15 is 0 Å². The first kappa shape index (κ1) is 16.2. The number of nitrogens with zero attached hydrogens (tertiary/aromatic N) is 3. The maximum Gasteiger partial charge on any atom is 0.255 e. The molecule has 1 aromatic heterocycles. The van der Waals surface area contributed by atoms with E-state index in [4.69, 9.17) is 0 Å².